The monoisotopic (exact) mass is 237 g/mol. The van der Waals surface area contributed by atoms with E-state index in [2.05, 4.69) is 29.0 Å². The number of nitrogens with two attached hydrogens (primary N) is 1. The summed E-state index contributed by atoms with van der Waals surface area (Å²) in [6, 6.07) is 0. The maximum absolute atomic E-state index is 5.59. The third-order valence-electron chi connectivity index (χ3n) is 3.10. The van der Waals surface area contributed by atoms with Crippen molar-refractivity contribution < 1.29 is 0 Å². The van der Waals surface area contributed by atoms with E-state index in [0.29, 0.717) is 0 Å². The summed E-state index contributed by atoms with van der Waals surface area (Å²) in [6.07, 6.45) is 12.0. The second kappa shape index (κ2) is 9.23. The highest BCUT2D eigenvalue weighted by atomic mass is 15.2. The molecule has 1 rings (SSSR count). The molecule has 3 nitrogen and oxygen atoms in total. The number of rotatable bonds is 9. The van der Waals surface area contributed by atoms with Crippen LogP contribution in [-0.4, -0.2) is 36.9 Å². The summed E-state index contributed by atoms with van der Waals surface area (Å²) in [6.45, 7) is 5.93. The second-order valence-corrected chi connectivity index (χ2v) is 4.55. The van der Waals surface area contributed by atoms with E-state index in [4.69, 9.17) is 5.73 Å². The van der Waals surface area contributed by atoms with E-state index >= 15 is 0 Å². The molecule has 0 fully saturated rings. The summed E-state index contributed by atoms with van der Waals surface area (Å²) in [5.74, 6) is 1.29. The molecular weight excluding hydrogens is 210 g/mol. The second-order valence-electron chi connectivity index (χ2n) is 4.55. The van der Waals surface area contributed by atoms with Crippen molar-refractivity contribution in [2.75, 3.05) is 26.2 Å². The van der Waals surface area contributed by atoms with Crippen molar-refractivity contribution in [1.29, 1.82) is 0 Å². The van der Waals surface area contributed by atoms with Crippen molar-refractivity contribution >= 4 is 5.84 Å². The summed E-state index contributed by atoms with van der Waals surface area (Å²) >= 11 is 0. The number of unbranched alkanes of at least 4 members (excludes halogenated alkanes) is 3. The lowest BCUT2D eigenvalue weighted by atomic mass is 10.1. The van der Waals surface area contributed by atoms with Crippen molar-refractivity contribution in [3.05, 3.63) is 12.2 Å². The fourth-order valence-corrected chi connectivity index (χ4v) is 2.17. The van der Waals surface area contributed by atoms with Crippen LogP contribution in [0.15, 0.2) is 17.1 Å². The highest BCUT2D eigenvalue weighted by Gasteiger charge is 2.14. The van der Waals surface area contributed by atoms with Crippen LogP contribution >= 0.6 is 0 Å². The molecule has 0 aromatic heterocycles. The SMILES string of the molecule is CC/C=C/CCCCCC1=NCCN1CCN. The summed E-state index contributed by atoms with van der Waals surface area (Å²) < 4.78 is 0. The number of allylic oxidation sites excluding steroid dienone is 2. The molecular formula is C14H27N3. The maximum Gasteiger partial charge on any atom is 0.0990 e. The first kappa shape index (κ1) is 14.2. The first-order chi connectivity index (χ1) is 8.38. The van der Waals surface area contributed by atoms with E-state index in [1.165, 1.54) is 31.5 Å². The summed E-state index contributed by atoms with van der Waals surface area (Å²) in [5, 5.41) is 0. The first-order valence-electron chi connectivity index (χ1n) is 7.01. The highest BCUT2D eigenvalue weighted by molar-refractivity contribution is 5.83. The Balaban J connectivity index is 2.04. The van der Waals surface area contributed by atoms with Crippen LogP contribution in [0, 0.1) is 0 Å². The molecule has 0 aliphatic carbocycles. The predicted molar refractivity (Wildman–Crippen MR) is 75.4 cm³/mol. The van der Waals surface area contributed by atoms with Crippen molar-refractivity contribution in [2.45, 2.75) is 45.4 Å². The van der Waals surface area contributed by atoms with Crippen molar-refractivity contribution in [2.24, 2.45) is 10.7 Å². The molecule has 1 aliphatic rings. The molecule has 98 valence electrons. The molecule has 0 radical (unpaired) electrons. The maximum atomic E-state index is 5.59. The molecule has 0 aromatic rings. The normalized spacial score (nSPS) is 15.9. The van der Waals surface area contributed by atoms with Gasteiger partial charge in [-0.05, 0) is 25.7 Å². The van der Waals surface area contributed by atoms with E-state index in [1.807, 2.05) is 0 Å². The van der Waals surface area contributed by atoms with Crippen molar-refractivity contribution in [3.63, 3.8) is 0 Å². The van der Waals surface area contributed by atoms with E-state index < -0.39 is 0 Å². The number of aliphatic imine (C=N–C) groups is 1. The van der Waals surface area contributed by atoms with Crippen LogP contribution in [0.2, 0.25) is 0 Å². The van der Waals surface area contributed by atoms with Crippen LogP contribution in [0.4, 0.5) is 0 Å². The van der Waals surface area contributed by atoms with E-state index in [-0.39, 0.29) is 0 Å². The lowest BCUT2D eigenvalue weighted by molar-refractivity contribution is 0.456. The topological polar surface area (TPSA) is 41.6 Å². The first-order valence-corrected chi connectivity index (χ1v) is 7.01. The van der Waals surface area contributed by atoms with Crippen LogP contribution in [0.5, 0.6) is 0 Å². The molecule has 0 amide bonds. The van der Waals surface area contributed by atoms with Gasteiger partial charge in [-0.3, -0.25) is 4.99 Å². The molecule has 0 aromatic carbocycles. The largest absolute Gasteiger partial charge is 0.357 e. The van der Waals surface area contributed by atoms with Crippen LogP contribution in [0.1, 0.15) is 45.4 Å². The minimum Gasteiger partial charge on any atom is -0.357 e. The average Bonchev–Trinajstić information content (AvgIpc) is 2.76. The van der Waals surface area contributed by atoms with Crippen LogP contribution in [0.3, 0.4) is 0 Å². The Labute approximate surface area is 106 Å². The zero-order valence-electron chi connectivity index (χ0n) is 11.2. The lowest BCUT2D eigenvalue weighted by Crippen LogP contribution is -2.32. The standard InChI is InChI=1S/C14H27N3/c1-2-3-4-5-6-7-8-9-14-16-11-13-17(14)12-10-15/h3-4H,2,5-13,15H2,1H3/b4-3+. The van der Waals surface area contributed by atoms with Gasteiger partial charge in [0, 0.05) is 26.1 Å². The van der Waals surface area contributed by atoms with Gasteiger partial charge in [0.2, 0.25) is 0 Å². The van der Waals surface area contributed by atoms with Gasteiger partial charge in [0.15, 0.2) is 0 Å². The quantitative estimate of drug-likeness (QED) is 0.494. The third-order valence-corrected chi connectivity index (χ3v) is 3.10. The molecule has 0 bridgehead atoms. The van der Waals surface area contributed by atoms with E-state index in [1.54, 1.807) is 0 Å². The molecule has 17 heavy (non-hydrogen) atoms. The van der Waals surface area contributed by atoms with Gasteiger partial charge in [0.25, 0.3) is 0 Å². The van der Waals surface area contributed by atoms with Gasteiger partial charge in [0.1, 0.15) is 0 Å². The predicted octanol–water partition coefficient (Wildman–Crippen LogP) is 2.58. The van der Waals surface area contributed by atoms with Gasteiger partial charge in [-0.15, -0.1) is 0 Å². The molecule has 2 N–H and O–H groups in total. The molecule has 0 spiro atoms. The number of nitrogens with zero attached hydrogens (tertiary/aromatic N) is 2. The van der Waals surface area contributed by atoms with Gasteiger partial charge >= 0.3 is 0 Å². The number of hydrogen-bond acceptors (Lipinski definition) is 3. The van der Waals surface area contributed by atoms with E-state index in [9.17, 15) is 0 Å². The summed E-state index contributed by atoms with van der Waals surface area (Å²) in [7, 11) is 0. The van der Waals surface area contributed by atoms with Gasteiger partial charge in [-0.1, -0.05) is 25.5 Å². The molecule has 1 heterocycles. The molecule has 1 aliphatic heterocycles. The molecule has 0 atom stereocenters. The van der Waals surface area contributed by atoms with E-state index in [0.717, 1.165) is 39.0 Å². The Kier molecular flexibility index (Phi) is 7.72. The molecule has 3 heteroatoms. The van der Waals surface area contributed by atoms with Gasteiger partial charge < -0.3 is 10.6 Å². The fraction of sp³-hybridized carbons (Fsp3) is 0.786. The Morgan fingerprint density at radius 2 is 2.18 bits per heavy atom. The van der Waals surface area contributed by atoms with Crippen LogP contribution in [0.25, 0.3) is 0 Å². The third kappa shape index (κ3) is 5.87. The molecule has 0 unspecified atom stereocenters. The minimum atomic E-state index is 0.737. The smallest absolute Gasteiger partial charge is 0.0990 e. The van der Waals surface area contributed by atoms with Crippen LogP contribution < -0.4 is 5.73 Å². The molecule has 0 saturated heterocycles. The lowest BCUT2D eigenvalue weighted by Gasteiger charge is -2.19. The van der Waals surface area contributed by atoms with Gasteiger partial charge in [0.05, 0.1) is 12.4 Å². The number of hydrogen-bond donors (Lipinski definition) is 1. The number of amidine groups is 1. The fourth-order valence-electron chi connectivity index (χ4n) is 2.17. The minimum absolute atomic E-state index is 0.737. The van der Waals surface area contributed by atoms with Gasteiger partial charge in [-0.2, -0.15) is 0 Å². The zero-order chi connectivity index (χ0) is 12.3. The Morgan fingerprint density at radius 3 is 2.94 bits per heavy atom. The van der Waals surface area contributed by atoms with Crippen molar-refractivity contribution in [1.82, 2.24) is 4.90 Å². The highest BCUT2D eigenvalue weighted by Crippen LogP contribution is 2.10. The average molecular weight is 237 g/mol. The Hall–Kier alpha value is -0.830. The molecule has 0 saturated carbocycles. The van der Waals surface area contributed by atoms with Gasteiger partial charge in [-0.25, -0.2) is 0 Å². The summed E-state index contributed by atoms with van der Waals surface area (Å²) in [5.41, 5.74) is 5.59. The Bertz CT molecular complexity index is 246. The summed E-state index contributed by atoms with van der Waals surface area (Å²) in [4.78, 5) is 6.90. The Morgan fingerprint density at radius 1 is 1.29 bits per heavy atom. The zero-order valence-corrected chi connectivity index (χ0v) is 11.2. The van der Waals surface area contributed by atoms with Crippen molar-refractivity contribution in [3.8, 4) is 0 Å². The van der Waals surface area contributed by atoms with Crippen LogP contribution in [-0.2, 0) is 0 Å².